The van der Waals surface area contributed by atoms with Crippen LogP contribution in [0.15, 0.2) is 22.7 Å². The van der Waals surface area contributed by atoms with Crippen LogP contribution < -0.4 is 10.1 Å². The van der Waals surface area contributed by atoms with Crippen molar-refractivity contribution in [2.75, 3.05) is 19.8 Å². The van der Waals surface area contributed by atoms with Gasteiger partial charge in [0, 0.05) is 22.0 Å². The second-order valence-electron chi connectivity index (χ2n) is 5.69. The first-order valence-electron chi connectivity index (χ1n) is 7.92. The van der Waals surface area contributed by atoms with Gasteiger partial charge in [-0.3, -0.25) is 0 Å². The lowest BCUT2D eigenvalue weighted by atomic mass is 9.90. The summed E-state index contributed by atoms with van der Waals surface area (Å²) in [6.07, 6.45) is 2.57. The SMILES string of the molecule is CCCNC(c1cc(Br)ccc1OCC)C1COC(C)C1. The van der Waals surface area contributed by atoms with E-state index in [0.29, 0.717) is 18.6 Å². The maximum absolute atomic E-state index is 5.84. The van der Waals surface area contributed by atoms with Gasteiger partial charge < -0.3 is 14.8 Å². The molecule has 3 unspecified atom stereocenters. The van der Waals surface area contributed by atoms with Crippen molar-refractivity contribution in [3.05, 3.63) is 28.2 Å². The fourth-order valence-electron chi connectivity index (χ4n) is 2.96. The molecule has 21 heavy (non-hydrogen) atoms. The van der Waals surface area contributed by atoms with Gasteiger partial charge in [0.05, 0.1) is 19.3 Å². The molecule has 1 fully saturated rings. The molecule has 0 aliphatic carbocycles. The van der Waals surface area contributed by atoms with E-state index in [4.69, 9.17) is 9.47 Å². The molecule has 1 aliphatic rings. The second-order valence-corrected chi connectivity index (χ2v) is 6.60. The number of rotatable bonds is 7. The number of nitrogens with one attached hydrogen (secondary N) is 1. The van der Waals surface area contributed by atoms with E-state index in [1.807, 2.05) is 13.0 Å². The third-order valence-corrected chi connectivity index (χ3v) is 4.42. The smallest absolute Gasteiger partial charge is 0.124 e. The van der Waals surface area contributed by atoms with E-state index in [9.17, 15) is 0 Å². The number of hydrogen-bond acceptors (Lipinski definition) is 3. The highest BCUT2D eigenvalue weighted by Gasteiger charge is 2.32. The first-order valence-corrected chi connectivity index (χ1v) is 8.72. The standard InChI is InChI=1S/C17H26BrNO2/c1-4-8-19-17(13-9-12(3)21-11-13)15-10-14(18)6-7-16(15)20-5-2/h6-7,10,12-13,17,19H,4-5,8-9,11H2,1-3H3. The zero-order valence-electron chi connectivity index (χ0n) is 13.2. The van der Waals surface area contributed by atoms with Crippen molar-refractivity contribution in [3.63, 3.8) is 0 Å². The lowest BCUT2D eigenvalue weighted by molar-refractivity contribution is 0.116. The van der Waals surface area contributed by atoms with Crippen LogP contribution in [0.25, 0.3) is 0 Å². The molecule has 1 aliphatic heterocycles. The summed E-state index contributed by atoms with van der Waals surface area (Å²) < 4.78 is 12.7. The van der Waals surface area contributed by atoms with E-state index < -0.39 is 0 Å². The Morgan fingerprint density at radius 3 is 2.86 bits per heavy atom. The summed E-state index contributed by atoms with van der Waals surface area (Å²) in [7, 11) is 0. The van der Waals surface area contributed by atoms with Gasteiger partial charge in [0.1, 0.15) is 5.75 Å². The number of halogens is 1. The Hall–Kier alpha value is -0.580. The average molecular weight is 356 g/mol. The van der Waals surface area contributed by atoms with Crippen molar-refractivity contribution in [1.82, 2.24) is 5.32 Å². The normalized spacial score (nSPS) is 23.2. The van der Waals surface area contributed by atoms with Crippen LogP contribution in [0.4, 0.5) is 0 Å². The van der Waals surface area contributed by atoms with Crippen LogP contribution in [0, 0.1) is 5.92 Å². The minimum Gasteiger partial charge on any atom is -0.494 e. The quantitative estimate of drug-likeness (QED) is 0.790. The highest BCUT2D eigenvalue weighted by molar-refractivity contribution is 9.10. The molecule has 1 aromatic rings. The highest BCUT2D eigenvalue weighted by Crippen LogP contribution is 2.37. The van der Waals surface area contributed by atoms with E-state index in [1.54, 1.807) is 0 Å². The maximum atomic E-state index is 5.84. The minimum absolute atomic E-state index is 0.286. The number of ether oxygens (including phenoxy) is 2. The summed E-state index contributed by atoms with van der Waals surface area (Å²) in [5.41, 5.74) is 1.24. The zero-order valence-corrected chi connectivity index (χ0v) is 14.8. The van der Waals surface area contributed by atoms with Crippen molar-refractivity contribution in [1.29, 1.82) is 0 Å². The van der Waals surface area contributed by atoms with Gasteiger partial charge in [-0.1, -0.05) is 22.9 Å². The Bertz CT molecular complexity index is 452. The van der Waals surface area contributed by atoms with Crippen LogP contribution in [0.3, 0.4) is 0 Å². The maximum Gasteiger partial charge on any atom is 0.124 e. The predicted octanol–water partition coefficient (Wildman–Crippen LogP) is 4.31. The van der Waals surface area contributed by atoms with Gasteiger partial charge in [-0.25, -0.2) is 0 Å². The molecule has 3 nitrogen and oxygen atoms in total. The second kappa shape index (κ2) is 8.16. The molecule has 0 aromatic heterocycles. The van der Waals surface area contributed by atoms with Crippen LogP contribution in [0.2, 0.25) is 0 Å². The Balaban J connectivity index is 2.28. The highest BCUT2D eigenvalue weighted by atomic mass is 79.9. The van der Waals surface area contributed by atoms with Gasteiger partial charge in [0.25, 0.3) is 0 Å². The van der Waals surface area contributed by atoms with Gasteiger partial charge in [-0.2, -0.15) is 0 Å². The molecule has 1 saturated heterocycles. The molecule has 1 heterocycles. The van der Waals surface area contributed by atoms with Gasteiger partial charge in [-0.05, 0) is 51.4 Å². The van der Waals surface area contributed by atoms with Crippen molar-refractivity contribution in [2.24, 2.45) is 5.92 Å². The van der Waals surface area contributed by atoms with E-state index in [1.165, 1.54) is 5.56 Å². The van der Waals surface area contributed by atoms with Crippen molar-refractivity contribution in [3.8, 4) is 5.75 Å². The average Bonchev–Trinajstić information content (AvgIpc) is 2.89. The Morgan fingerprint density at radius 2 is 2.24 bits per heavy atom. The molecule has 118 valence electrons. The van der Waals surface area contributed by atoms with Crippen molar-refractivity contribution >= 4 is 15.9 Å². The fraction of sp³-hybridized carbons (Fsp3) is 0.647. The summed E-state index contributed by atoms with van der Waals surface area (Å²) >= 11 is 3.59. The molecular weight excluding hydrogens is 330 g/mol. The molecular formula is C17H26BrNO2. The summed E-state index contributed by atoms with van der Waals surface area (Å²) in [6, 6.07) is 6.57. The molecule has 0 radical (unpaired) electrons. The fourth-order valence-corrected chi connectivity index (χ4v) is 3.34. The van der Waals surface area contributed by atoms with E-state index >= 15 is 0 Å². The molecule has 0 amide bonds. The molecule has 3 atom stereocenters. The van der Waals surface area contributed by atoms with Crippen LogP contribution in [0.1, 0.15) is 45.2 Å². The first kappa shape index (κ1) is 16.8. The first-order chi connectivity index (χ1) is 10.2. The molecule has 1 N–H and O–H groups in total. The van der Waals surface area contributed by atoms with E-state index in [2.05, 4.69) is 47.2 Å². The Morgan fingerprint density at radius 1 is 1.43 bits per heavy atom. The monoisotopic (exact) mass is 355 g/mol. The largest absolute Gasteiger partial charge is 0.494 e. The summed E-state index contributed by atoms with van der Waals surface area (Å²) in [5.74, 6) is 1.48. The molecule has 1 aromatic carbocycles. The molecule has 0 spiro atoms. The molecule has 0 saturated carbocycles. The van der Waals surface area contributed by atoms with Crippen LogP contribution in [-0.4, -0.2) is 25.9 Å². The minimum atomic E-state index is 0.286. The summed E-state index contributed by atoms with van der Waals surface area (Å²) in [6.45, 7) is 8.89. The molecule has 2 rings (SSSR count). The van der Waals surface area contributed by atoms with Gasteiger partial charge in [-0.15, -0.1) is 0 Å². The van der Waals surface area contributed by atoms with Crippen molar-refractivity contribution < 1.29 is 9.47 Å². The van der Waals surface area contributed by atoms with Crippen LogP contribution in [0.5, 0.6) is 5.75 Å². The van der Waals surface area contributed by atoms with Crippen LogP contribution >= 0.6 is 15.9 Å². The zero-order chi connectivity index (χ0) is 15.2. The number of hydrogen-bond donors (Lipinski definition) is 1. The Kier molecular flexibility index (Phi) is 6.52. The van der Waals surface area contributed by atoms with E-state index in [-0.39, 0.29) is 6.04 Å². The number of benzene rings is 1. The van der Waals surface area contributed by atoms with Gasteiger partial charge in [0.15, 0.2) is 0 Å². The van der Waals surface area contributed by atoms with Gasteiger partial charge >= 0.3 is 0 Å². The summed E-state index contributed by atoms with van der Waals surface area (Å²) in [4.78, 5) is 0. The molecule has 0 bridgehead atoms. The van der Waals surface area contributed by atoms with Crippen LogP contribution in [-0.2, 0) is 4.74 Å². The van der Waals surface area contributed by atoms with E-state index in [0.717, 1.165) is 36.2 Å². The third-order valence-electron chi connectivity index (χ3n) is 3.92. The third kappa shape index (κ3) is 4.44. The lowest BCUT2D eigenvalue weighted by Gasteiger charge is -2.26. The lowest BCUT2D eigenvalue weighted by Crippen LogP contribution is -2.30. The van der Waals surface area contributed by atoms with Gasteiger partial charge in [0.2, 0.25) is 0 Å². The summed E-state index contributed by atoms with van der Waals surface area (Å²) in [5, 5.41) is 3.69. The van der Waals surface area contributed by atoms with Crippen molar-refractivity contribution in [2.45, 2.75) is 45.8 Å². The topological polar surface area (TPSA) is 30.5 Å². The predicted molar refractivity (Wildman–Crippen MR) is 89.9 cm³/mol. The molecule has 4 heteroatoms. The Labute approximate surface area is 136 Å².